The van der Waals surface area contributed by atoms with Crippen LogP contribution in [0.3, 0.4) is 0 Å². The van der Waals surface area contributed by atoms with E-state index < -0.39 is 0 Å². The molecule has 0 atom stereocenters. The van der Waals surface area contributed by atoms with Crippen molar-refractivity contribution in [2.75, 3.05) is 7.11 Å². The molecule has 2 aromatic rings. The number of ether oxygens (including phenoxy) is 1. The zero-order valence-electron chi connectivity index (χ0n) is 9.24. The number of nitrogens with two attached hydrogens (primary N) is 1. The molecule has 0 spiro atoms. The fraction of sp³-hybridized carbons (Fsp3) is 0.200. The van der Waals surface area contributed by atoms with Crippen molar-refractivity contribution < 1.29 is 4.74 Å². The standard InChI is InChI=1S/C10H12N4O.2ClH/c1-15-10-4-2-9(3-5-10)14-7-8(6-11)12-13-14;;/h2-5,7H,6,11H2,1H3;2*1H. The number of hydrogen-bond acceptors (Lipinski definition) is 4. The van der Waals surface area contributed by atoms with Crippen LogP contribution in [0.4, 0.5) is 0 Å². The third-order valence-corrected chi connectivity index (χ3v) is 2.09. The summed E-state index contributed by atoms with van der Waals surface area (Å²) in [6, 6.07) is 7.57. The van der Waals surface area contributed by atoms with E-state index in [1.807, 2.05) is 30.5 Å². The zero-order valence-corrected chi connectivity index (χ0v) is 10.9. The quantitative estimate of drug-likeness (QED) is 0.925. The van der Waals surface area contributed by atoms with Crippen LogP contribution in [0.1, 0.15) is 5.69 Å². The number of benzene rings is 1. The summed E-state index contributed by atoms with van der Waals surface area (Å²) < 4.78 is 6.75. The second-order valence-corrected chi connectivity index (χ2v) is 3.06. The van der Waals surface area contributed by atoms with E-state index in [1.165, 1.54) is 0 Å². The molecule has 0 radical (unpaired) electrons. The number of nitrogens with zero attached hydrogens (tertiary/aromatic N) is 3. The highest BCUT2D eigenvalue weighted by molar-refractivity contribution is 5.85. The lowest BCUT2D eigenvalue weighted by Crippen LogP contribution is -1.96. The van der Waals surface area contributed by atoms with Gasteiger partial charge in [0.05, 0.1) is 24.7 Å². The van der Waals surface area contributed by atoms with E-state index in [0.29, 0.717) is 6.54 Å². The molecule has 2 rings (SSSR count). The highest BCUT2D eigenvalue weighted by Crippen LogP contribution is 2.13. The molecule has 0 aliphatic heterocycles. The molecule has 0 unspecified atom stereocenters. The third kappa shape index (κ3) is 3.59. The van der Waals surface area contributed by atoms with Crippen LogP contribution in [0.15, 0.2) is 30.5 Å². The van der Waals surface area contributed by atoms with Gasteiger partial charge in [-0.2, -0.15) is 0 Å². The van der Waals surface area contributed by atoms with Crippen molar-refractivity contribution in [2.45, 2.75) is 6.54 Å². The van der Waals surface area contributed by atoms with Gasteiger partial charge >= 0.3 is 0 Å². The highest BCUT2D eigenvalue weighted by Gasteiger charge is 2.00. The van der Waals surface area contributed by atoms with E-state index in [2.05, 4.69) is 10.3 Å². The normalized spacial score (nSPS) is 9.06. The van der Waals surface area contributed by atoms with Crippen molar-refractivity contribution in [3.05, 3.63) is 36.2 Å². The van der Waals surface area contributed by atoms with Gasteiger partial charge < -0.3 is 10.5 Å². The zero-order chi connectivity index (χ0) is 10.7. The van der Waals surface area contributed by atoms with E-state index in [1.54, 1.807) is 11.8 Å². The molecule has 1 aromatic heterocycles. The fourth-order valence-corrected chi connectivity index (χ4v) is 1.25. The minimum absolute atomic E-state index is 0. The van der Waals surface area contributed by atoms with Crippen LogP contribution in [0.2, 0.25) is 0 Å². The summed E-state index contributed by atoms with van der Waals surface area (Å²) in [7, 11) is 1.64. The Morgan fingerprint density at radius 1 is 1.24 bits per heavy atom. The lowest BCUT2D eigenvalue weighted by Gasteiger charge is -2.01. The van der Waals surface area contributed by atoms with Gasteiger partial charge in [0, 0.05) is 6.54 Å². The topological polar surface area (TPSA) is 66.0 Å². The first-order valence-corrected chi connectivity index (χ1v) is 4.59. The van der Waals surface area contributed by atoms with Crippen molar-refractivity contribution in [2.24, 2.45) is 5.73 Å². The van der Waals surface area contributed by atoms with Crippen LogP contribution in [-0.2, 0) is 6.54 Å². The average Bonchev–Trinajstić information content (AvgIpc) is 2.78. The molecular formula is C10H14Cl2N4O. The Kier molecular flexibility index (Phi) is 6.57. The lowest BCUT2D eigenvalue weighted by molar-refractivity contribution is 0.414. The number of hydrogen-bond donors (Lipinski definition) is 1. The van der Waals surface area contributed by atoms with Crippen molar-refractivity contribution in [3.63, 3.8) is 0 Å². The van der Waals surface area contributed by atoms with Crippen molar-refractivity contribution >= 4 is 24.8 Å². The summed E-state index contributed by atoms with van der Waals surface area (Å²) in [4.78, 5) is 0. The van der Waals surface area contributed by atoms with Gasteiger partial charge in [-0.25, -0.2) is 4.68 Å². The van der Waals surface area contributed by atoms with Crippen LogP contribution in [0, 0.1) is 0 Å². The van der Waals surface area contributed by atoms with E-state index in [4.69, 9.17) is 10.5 Å². The lowest BCUT2D eigenvalue weighted by atomic mass is 10.3. The molecule has 0 aliphatic carbocycles. The van der Waals surface area contributed by atoms with Crippen LogP contribution in [-0.4, -0.2) is 22.1 Å². The van der Waals surface area contributed by atoms with Gasteiger partial charge in [-0.05, 0) is 24.3 Å². The molecule has 0 aliphatic rings. The summed E-state index contributed by atoms with van der Waals surface area (Å²) in [5.41, 5.74) is 7.15. The molecule has 1 aromatic carbocycles. The molecule has 0 fully saturated rings. The molecule has 1 heterocycles. The van der Waals surface area contributed by atoms with Crippen LogP contribution < -0.4 is 10.5 Å². The Balaban J connectivity index is 0.00000128. The van der Waals surface area contributed by atoms with E-state index in [-0.39, 0.29) is 24.8 Å². The molecule has 0 saturated carbocycles. The van der Waals surface area contributed by atoms with Crippen LogP contribution in [0.25, 0.3) is 5.69 Å². The maximum absolute atomic E-state index is 5.45. The second-order valence-electron chi connectivity index (χ2n) is 3.06. The average molecular weight is 277 g/mol. The van der Waals surface area contributed by atoms with Gasteiger partial charge in [-0.1, -0.05) is 5.21 Å². The number of methoxy groups -OCH3 is 1. The minimum Gasteiger partial charge on any atom is -0.497 e. The fourth-order valence-electron chi connectivity index (χ4n) is 1.25. The van der Waals surface area contributed by atoms with E-state index >= 15 is 0 Å². The predicted molar refractivity (Wildman–Crippen MR) is 70.3 cm³/mol. The Hall–Kier alpha value is -1.30. The molecule has 0 saturated heterocycles. The number of aromatic nitrogens is 3. The summed E-state index contributed by atoms with van der Waals surface area (Å²) >= 11 is 0. The second kappa shape index (κ2) is 7.11. The molecule has 94 valence electrons. The molecule has 0 bridgehead atoms. The summed E-state index contributed by atoms with van der Waals surface area (Å²) in [5, 5.41) is 7.87. The largest absolute Gasteiger partial charge is 0.497 e. The van der Waals surface area contributed by atoms with Crippen LogP contribution in [0.5, 0.6) is 5.75 Å². The predicted octanol–water partition coefficient (Wildman–Crippen LogP) is 1.58. The van der Waals surface area contributed by atoms with Gasteiger partial charge in [-0.3, -0.25) is 0 Å². The van der Waals surface area contributed by atoms with E-state index in [0.717, 1.165) is 17.1 Å². The third-order valence-electron chi connectivity index (χ3n) is 2.09. The molecule has 7 heteroatoms. The smallest absolute Gasteiger partial charge is 0.119 e. The first kappa shape index (κ1) is 15.7. The van der Waals surface area contributed by atoms with Crippen molar-refractivity contribution in [1.82, 2.24) is 15.0 Å². The van der Waals surface area contributed by atoms with Gasteiger partial charge in [0.25, 0.3) is 0 Å². The van der Waals surface area contributed by atoms with Gasteiger partial charge in [-0.15, -0.1) is 29.9 Å². The number of rotatable bonds is 3. The molecular weight excluding hydrogens is 263 g/mol. The molecule has 5 nitrogen and oxygen atoms in total. The van der Waals surface area contributed by atoms with Crippen molar-refractivity contribution in [1.29, 1.82) is 0 Å². The SMILES string of the molecule is COc1ccc(-n2cc(CN)nn2)cc1.Cl.Cl. The van der Waals surface area contributed by atoms with Crippen LogP contribution >= 0.6 is 24.8 Å². The Labute approximate surface area is 112 Å². The molecule has 17 heavy (non-hydrogen) atoms. The molecule has 0 amide bonds. The maximum atomic E-state index is 5.45. The Bertz CT molecular complexity index is 444. The minimum atomic E-state index is 0. The maximum Gasteiger partial charge on any atom is 0.119 e. The van der Waals surface area contributed by atoms with Gasteiger partial charge in [0.2, 0.25) is 0 Å². The summed E-state index contributed by atoms with van der Waals surface area (Å²) in [5.74, 6) is 0.818. The van der Waals surface area contributed by atoms with Gasteiger partial charge in [0.15, 0.2) is 0 Å². The van der Waals surface area contributed by atoms with Crippen molar-refractivity contribution in [3.8, 4) is 11.4 Å². The molecule has 2 N–H and O–H groups in total. The highest BCUT2D eigenvalue weighted by atomic mass is 35.5. The van der Waals surface area contributed by atoms with Gasteiger partial charge in [0.1, 0.15) is 5.75 Å². The monoisotopic (exact) mass is 276 g/mol. The van der Waals surface area contributed by atoms with E-state index in [9.17, 15) is 0 Å². The summed E-state index contributed by atoms with van der Waals surface area (Å²) in [6.07, 6.45) is 1.81. The Morgan fingerprint density at radius 3 is 2.35 bits per heavy atom. The first-order chi connectivity index (χ1) is 7.33. The first-order valence-electron chi connectivity index (χ1n) is 4.59. The summed E-state index contributed by atoms with van der Waals surface area (Å²) in [6.45, 7) is 0.399. The Morgan fingerprint density at radius 2 is 1.88 bits per heavy atom. The number of halogens is 2.